The first kappa shape index (κ1) is 11.6. The molecule has 0 aromatic carbocycles. The van der Waals surface area contributed by atoms with Crippen molar-refractivity contribution in [1.82, 2.24) is 14.8 Å². The van der Waals surface area contributed by atoms with Crippen LogP contribution in [0.1, 0.15) is 19.8 Å². The second-order valence-corrected chi connectivity index (χ2v) is 4.42. The van der Waals surface area contributed by atoms with Gasteiger partial charge in [0.1, 0.15) is 0 Å². The molecule has 2 heterocycles. The highest BCUT2D eigenvalue weighted by Gasteiger charge is 2.21. The molecule has 16 heavy (non-hydrogen) atoms. The Bertz CT molecular complexity index is 392. The van der Waals surface area contributed by atoms with E-state index in [-0.39, 0.29) is 0 Å². The molecular formula is C10H18N4OS. The van der Waals surface area contributed by atoms with Crippen LogP contribution in [0.3, 0.4) is 0 Å². The molecule has 1 N–H and O–H groups in total. The molecule has 1 aliphatic rings. The lowest BCUT2D eigenvalue weighted by Gasteiger charge is -2.31. The fourth-order valence-corrected chi connectivity index (χ4v) is 2.21. The average molecular weight is 242 g/mol. The van der Waals surface area contributed by atoms with Gasteiger partial charge in [0.25, 0.3) is 0 Å². The van der Waals surface area contributed by atoms with Gasteiger partial charge in [-0.1, -0.05) is 0 Å². The monoisotopic (exact) mass is 242 g/mol. The Morgan fingerprint density at radius 2 is 2.19 bits per heavy atom. The highest BCUT2D eigenvalue weighted by Crippen LogP contribution is 2.18. The first-order valence-corrected chi connectivity index (χ1v) is 6.11. The molecule has 2 rings (SSSR count). The molecule has 0 aliphatic carbocycles. The summed E-state index contributed by atoms with van der Waals surface area (Å²) in [6, 6.07) is 0. The van der Waals surface area contributed by atoms with Crippen LogP contribution in [-0.4, -0.2) is 40.6 Å². The molecule has 0 atom stereocenters. The molecule has 1 aromatic rings. The number of aromatic nitrogens is 3. The molecule has 0 radical (unpaired) electrons. The maximum absolute atomic E-state index is 5.62. The molecule has 0 spiro atoms. The summed E-state index contributed by atoms with van der Waals surface area (Å²) in [6.07, 6.45) is 2.54. The van der Waals surface area contributed by atoms with Gasteiger partial charge in [0.05, 0.1) is 6.10 Å². The van der Waals surface area contributed by atoms with E-state index in [0.29, 0.717) is 10.9 Å². The maximum Gasteiger partial charge on any atom is 0.225 e. The zero-order valence-corrected chi connectivity index (χ0v) is 10.6. The van der Waals surface area contributed by atoms with Crippen molar-refractivity contribution in [2.75, 3.05) is 24.6 Å². The summed E-state index contributed by atoms with van der Waals surface area (Å²) in [5, 5.41) is 7.05. The lowest BCUT2D eigenvalue weighted by molar-refractivity contribution is 0.0456. The maximum atomic E-state index is 5.62. The smallest absolute Gasteiger partial charge is 0.225 e. The summed E-state index contributed by atoms with van der Waals surface area (Å²) in [5.74, 6) is 0.931. The van der Waals surface area contributed by atoms with Crippen molar-refractivity contribution in [3.63, 3.8) is 0 Å². The minimum Gasteiger partial charge on any atom is -0.378 e. The molecule has 0 amide bonds. The lowest BCUT2D eigenvalue weighted by Crippen LogP contribution is -2.38. The average Bonchev–Trinajstić information content (AvgIpc) is 2.62. The van der Waals surface area contributed by atoms with Crippen molar-refractivity contribution in [2.45, 2.75) is 25.9 Å². The minimum atomic E-state index is 0.411. The molecular weight excluding hydrogens is 224 g/mol. The Labute approximate surface area is 100 Å². The Kier molecular flexibility index (Phi) is 3.60. The molecule has 5 nitrogen and oxygen atoms in total. The van der Waals surface area contributed by atoms with Crippen LogP contribution >= 0.6 is 12.2 Å². The summed E-state index contributed by atoms with van der Waals surface area (Å²) >= 11 is 5.10. The van der Waals surface area contributed by atoms with E-state index in [4.69, 9.17) is 17.0 Å². The topological polar surface area (TPSA) is 46.1 Å². The van der Waals surface area contributed by atoms with Crippen molar-refractivity contribution in [2.24, 2.45) is 7.05 Å². The fourth-order valence-electron chi connectivity index (χ4n) is 2.08. The second kappa shape index (κ2) is 4.97. The van der Waals surface area contributed by atoms with Crippen molar-refractivity contribution in [3.8, 4) is 0 Å². The first-order chi connectivity index (χ1) is 7.72. The van der Waals surface area contributed by atoms with Crippen molar-refractivity contribution >= 4 is 18.2 Å². The van der Waals surface area contributed by atoms with Gasteiger partial charge in [-0.15, -0.1) is 5.10 Å². The normalized spacial score (nSPS) is 18.0. The molecule has 1 aromatic heterocycles. The van der Waals surface area contributed by atoms with E-state index >= 15 is 0 Å². The number of aromatic amines is 1. The molecule has 1 fully saturated rings. The highest BCUT2D eigenvalue weighted by atomic mass is 32.1. The van der Waals surface area contributed by atoms with Gasteiger partial charge in [-0.05, 0) is 32.0 Å². The van der Waals surface area contributed by atoms with Gasteiger partial charge in [-0.2, -0.15) is 0 Å². The molecule has 0 unspecified atom stereocenters. The molecule has 0 bridgehead atoms. The largest absolute Gasteiger partial charge is 0.378 e. The van der Waals surface area contributed by atoms with Crippen LogP contribution in [0.4, 0.5) is 5.95 Å². The van der Waals surface area contributed by atoms with Gasteiger partial charge in [0, 0.05) is 26.7 Å². The standard InChI is InChI=1S/C10H18N4OS/c1-3-15-8-4-6-14(7-5-8)9-11-12-10(16)13(9)2/h8H,3-7H2,1-2H3,(H,12,16). The lowest BCUT2D eigenvalue weighted by atomic mass is 10.1. The van der Waals surface area contributed by atoms with Gasteiger partial charge in [-0.25, -0.2) is 5.10 Å². The van der Waals surface area contributed by atoms with E-state index in [0.717, 1.165) is 38.5 Å². The predicted octanol–water partition coefficient (Wildman–Crippen LogP) is 1.48. The van der Waals surface area contributed by atoms with E-state index in [2.05, 4.69) is 15.1 Å². The van der Waals surface area contributed by atoms with Crippen LogP contribution in [0, 0.1) is 4.77 Å². The van der Waals surface area contributed by atoms with Crippen LogP contribution in [0.15, 0.2) is 0 Å². The predicted molar refractivity (Wildman–Crippen MR) is 65.3 cm³/mol. The molecule has 1 aliphatic heterocycles. The molecule has 90 valence electrons. The second-order valence-electron chi connectivity index (χ2n) is 4.03. The fraction of sp³-hybridized carbons (Fsp3) is 0.800. The number of hydrogen-bond donors (Lipinski definition) is 1. The summed E-state index contributed by atoms with van der Waals surface area (Å²) in [6.45, 7) is 4.82. The van der Waals surface area contributed by atoms with E-state index < -0.39 is 0 Å². The number of anilines is 1. The van der Waals surface area contributed by atoms with E-state index in [1.165, 1.54) is 0 Å². The van der Waals surface area contributed by atoms with Gasteiger partial charge in [-0.3, -0.25) is 4.57 Å². The Hall–Kier alpha value is -0.880. The van der Waals surface area contributed by atoms with Crippen LogP contribution < -0.4 is 4.90 Å². The van der Waals surface area contributed by atoms with Crippen LogP contribution in [-0.2, 0) is 11.8 Å². The van der Waals surface area contributed by atoms with Gasteiger partial charge < -0.3 is 9.64 Å². The van der Waals surface area contributed by atoms with Crippen LogP contribution in [0.2, 0.25) is 0 Å². The summed E-state index contributed by atoms with van der Waals surface area (Å²) in [5.41, 5.74) is 0. The van der Waals surface area contributed by atoms with E-state index in [9.17, 15) is 0 Å². The van der Waals surface area contributed by atoms with Gasteiger partial charge in [0.2, 0.25) is 5.95 Å². The molecule has 6 heteroatoms. The minimum absolute atomic E-state index is 0.411. The highest BCUT2D eigenvalue weighted by molar-refractivity contribution is 7.71. The number of rotatable bonds is 3. The third-order valence-electron chi connectivity index (χ3n) is 2.98. The Morgan fingerprint density at radius 1 is 1.50 bits per heavy atom. The van der Waals surface area contributed by atoms with E-state index in [1.807, 2.05) is 18.5 Å². The first-order valence-electron chi connectivity index (χ1n) is 5.70. The number of nitrogens with zero attached hydrogens (tertiary/aromatic N) is 3. The van der Waals surface area contributed by atoms with Gasteiger partial charge in [0.15, 0.2) is 4.77 Å². The Balaban J connectivity index is 1.99. The zero-order valence-electron chi connectivity index (χ0n) is 9.77. The number of hydrogen-bond acceptors (Lipinski definition) is 4. The summed E-state index contributed by atoms with van der Waals surface area (Å²) in [7, 11) is 1.94. The van der Waals surface area contributed by atoms with Crippen LogP contribution in [0.25, 0.3) is 0 Å². The Morgan fingerprint density at radius 3 is 2.69 bits per heavy atom. The van der Waals surface area contributed by atoms with Crippen molar-refractivity contribution in [1.29, 1.82) is 0 Å². The number of piperidine rings is 1. The van der Waals surface area contributed by atoms with E-state index in [1.54, 1.807) is 0 Å². The summed E-state index contributed by atoms with van der Waals surface area (Å²) in [4.78, 5) is 2.25. The number of H-pyrrole nitrogens is 1. The van der Waals surface area contributed by atoms with Gasteiger partial charge >= 0.3 is 0 Å². The van der Waals surface area contributed by atoms with Crippen molar-refractivity contribution in [3.05, 3.63) is 4.77 Å². The summed E-state index contributed by atoms with van der Waals surface area (Å²) < 4.78 is 8.20. The number of nitrogens with one attached hydrogen (secondary N) is 1. The molecule has 1 saturated heterocycles. The van der Waals surface area contributed by atoms with Crippen molar-refractivity contribution < 1.29 is 4.74 Å². The third kappa shape index (κ3) is 2.27. The molecule has 0 saturated carbocycles. The van der Waals surface area contributed by atoms with Crippen LogP contribution in [0.5, 0.6) is 0 Å². The quantitative estimate of drug-likeness (QED) is 0.816. The number of ether oxygens (including phenoxy) is 1. The SMILES string of the molecule is CCOC1CCN(c2n[nH]c(=S)n2C)CC1. The zero-order chi connectivity index (χ0) is 11.5. The third-order valence-corrected chi connectivity index (χ3v) is 3.35.